The van der Waals surface area contributed by atoms with Crippen LogP contribution >= 0.6 is 0 Å². The monoisotopic (exact) mass is 227 g/mol. The largest absolute Gasteiger partial charge is 0.469 e. The van der Waals surface area contributed by atoms with E-state index in [-0.39, 0.29) is 29.8 Å². The van der Waals surface area contributed by atoms with Gasteiger partial charge in [0.1, 0.15) is 0 Å². The van der Waals surface area contributed by atoms with Crippen molar-refractivity contribution in [3.05, 3.63) is 0 Å². The highest BCUT2D eigenvalue weighted by Gasteiger charge is 2.53. The van der Waals surface area contributed by atoms with Gasteiger partial charge in [0, 0.05) is 12.0 Å². The van der Waals surface area contributed by atoms with Crippen molar-refractivity contribution >= 4 is 11.9 Å². The second kappa shape index (κ2) is 3.75. The summed E-state index contributed by atoms with van der Waals surface area (Å²) in [6.45, 7) is 9.78. The Morgan fingerprint density at radius 2 is 1.94 bits per heavy atom. The topological polar surface area (TPSA) is 46.6 Å². The van der Waals surface area contributed by atoms with Crippen molar-refractivity contribution in [2.75, 3.05) is 7.11 Å². The highest BCUT2D eigenvalue weighted by Crippen LogP contribution is 2.40. The van der Waals surface area contributed by atoms with Crippen molar-refractivity contribution in [3.63, 3.8) is 0 Å². The third kappa shape index (κ3) is 1.93. The number of hydrogen-bond acceptors (Lipinski definition) is 3. The minimum Gasteiger partial charge on any atom is -0.469 e. The third-order valence-corrected chi connectivity index (χ3v) is 3.21. The maximum absolute atomic E-state index is 12.0. The molecular weight excluding hydrogens is 206 g/mol. The summed E-state index contributed by atoms with van der Waals surface area (Å²) in [5, 5.41) is 0. The SMILES string of the molecule is COC(=O)C1CC(=O)N(C(C)(C)C)C1(C)C. The average Bonchev–Trinajstić information content (AvgIpc) is 2.33. The molecule has 0 bridgehead atoms. The fourth-order valence-electron chi connectivity index (χ4n) is 2.75. The molecule has 0 aromatic heterocycles. The van der Waals surface area contributed by atoms with Crippen molar-refractivity contribution in [2.45, 2.75) is 52.1 Å². The molecule has 4 nitrogen and oxygen atoms in total. The Labute approximate surface area is 96.9 Å². The van der Waals surface area contributed by atoms with Crippen LogP contribution in [0.15, 0.2) is 0 Å². The molecule has 4 heteroatoms. The predicted octanol–water partition coefficient (Wildman–Crippen LogP) is 1.58. The number of esters is 1. The molecule has 0 aromatic carbocycles. The average molecular weight is 227 g/mol. The standard InChI is InChI=1S/C12H21NO3/c1-11(2,3)13-9(14)7-8(10(15)16-6)12(13,4)5/h8H,7H2,1-6H3. The summed E-state index contributed by atoms with van der Waals surface area (Å²) in [4.78, 5) is 25.4. The molecule has 1 aliphatic heterocycles. The Hall–Kier alpha value is -1.06. The molecule has 1 unspecified atom stereocenters. The van der Waals surface area contributed by atoms with Crippen LogP contribution in [0, 0.1) is 5.92 Å². The summed E-state index contributed by atoms with van der Waals surface area (Å²) < 4.78 is 4.76. The third-order valence-electron chi connectivity index (χ3n) is 3.21. The summed E-state index contributed by atoms with van der Waals surface area (Å²) in [5.74, 6) is -0.651. The van der Waals surface area contributed by atoms with Gasteiger partial charge in [0.05, 0.1) is 18.6 Å². The minimum absolute atomic E-state index is 0.0212. The van der Waals surface area contributed by atoms with Gasteiger partial charge in [-0.15, -0.1) is 0 Å². The van der Waals surface area contributed by atoms with Crippen LogP contribution < -0.4 is 0 Å². The van der Waals surface area contributed by atoms with Crippen LogP contribution in [0.4, 0.5) is 0 Å². The first kappa shape index (κ1) is 13.0. The van der Waals surface area contributed by atoms with Gasteiger partial charge in [0.15, 0.2) is 0 Å². The van der Waals surface area contributed by atoms with Crippen LogP contribution in [0.2, 0.25) is 0 Å². The lowest BCUT2D eigenvalue weighted by Crippen LogP contribution is -2.55. The summed E-state index contributed by atoms with van der Waals surface area (Å²) in [7, 11) is 1.36. The van der Waals surface area contributed by atoms with Crippen molar-refractivity contribution in [1.29, 1.82) is 0 Å². The quantitative estimate of drug-likeness (QED) is 0.639. The lowest BCUT2D eigenvalue weighted by Gasteiger charge is -2.43. The summed E-state index contributed by atoms with van der Waals surface area (Å²) >= 11 is 0. The molecule has 0 N–H and O–H groups in total. The van der Waals surface area contributed by atoms with Gasteiger partial charge in [-0.25, -0.2) is 0 Å². The van der Waals surface area contributed by atoms with Crippen LogP contribution in [-0.2, 0) is 14.3 Å². The highest BCUT2D eigenvalue weighted by molar-refractivity contribution is 5.89. The van der Waals surface area contributed by atoms with Crippen LogP contribution in [0.5, 0.6) is 0 Å². The number of carbonyl (C=O) groups is 2. The molecule has 0 radical (unpaired) electrons. The molecule has 92 valence electrons. The van der Waals surface area contributed by atoms with E-state index in [1.807, 2.05) is 34.6 Å². The van der Waals surface area contributed by atoms with Crippen molar-refractivity contribution in [3.8, 4) is 0 Å². The molecule has 1 rings (SSSR count). The molecule has 16 heavy (non-hydrogen) atoms. The van der Waals surface area contributed by atoms with Gasteiger partial charge < -0.3 is 9.64 Å². The number of likely N-dealkylation sites (tertiary alicyclic amines) is 1. The van der Waals surface area contributed by atoms with E-state index in [9.17, 15) is 9.59 Å². The molecule has 0 aliphatic carbocycles. The fourth-order valence-corrected chi connectivity index (χ4v) is 2.75. The van der Waals surface area contributed by atoms with Crippen molar-refractivity contribution in [1.82, 2.24) is 4.90 Å². The number of hydrogen-bond donors (Lipinski definition) is 0. The Balaban J connectivity index is 3.09. The first-order valence-electron chi connectivity index (χ1n) is 5.53. The van der Waals surface area contributed by atoms with Crippen LogP contribution in [0.25, 0.3) is 0 Å². The van der Waals surface area contributed by atoms with E-state index in [0.717, 1.165) is 0 Å². The van der Waals surface area contributed by atoms with Crippen molar-refractivity contribution < 1.29 is 14.3 Å². The Kier molecular flexibility index (Phi) is 3.05. The van der Waals surface area contributed by atoms with Crippen LogP contribution in [-0.4, -0.2) is 35.0 Å². The number of methoxy groups -OCH3 is 1. The van der Waals surface area contributed by atoms with E-state index in [1.165, 1.54) is 7.11 Å². The van der Waals surface area contributed by atoms with Gasteiger partial charge in [0.2, 0.25) is 5.91 Å². The van der Waals surface area contributed by atoms with Gasteiger partial charge in [-0.05, 0) is 34.6 Å². The summed E-state index contributed by atoms with van der Waals surface area (Å²) in [6, 6.07) is 0. The number of nitrogens with zero attached hydrogens (tertiary/aromatic N) is 1. The van der Waals surface area contributed by atoms with E-state index in [0.29, 0.717) is 0 Å². The van der Waals surface area contributed by atoms with E-state index in [2.05, 4.69) is 0 Å². The van der Waals surface area contributed by atoms with Crippen molar-refractivity contribution in [2.24, 2.45) is 5.92 Å². The Morgan fingerprint density at radius 3 is 2.25 bits per heavy atom. The lowest BCUT2D eigenvalue weighted by molar-refractivity contribution is -0.148. The Morgan fingerprint density at radius 1 is 1.44 bits per heavy atom. The first-order valence-corrected chi connectivity index (χ1v) is 5.53. The number of ether oxygens (including phenoxy) is 1. The molecule has 1 aliphatic rings. The molecule has 0 spiro atoms. The van der Waals surface area contributed by atoms with E-state index in [4.69, 9.17) is 4.74 Å². The van der Waals surface area contributed by atoms with E-state index in [1.54, 1.807) is 4.90 Å². The fraction of sp³-hybridized carbons (Fsp3) is 0.833. The van der Waals surface area contributed by atoms with Gasteiger partial charge in [-0.1, -0.05) is 0 Å². The second-order valence-electron chi connectivity index (χ2n) is 5.83. The number of rotatable bonds is 1. The second-order valence-corrected chi connectivity index (χ2v) is 5.83. The number of amides is 1. The zero-order valence-electron chi connectivity index (χ0n) is 11.0. The summed E-state index contributed by atoms with van der Waals surface area (Å²) in [5.41, 5.74) is -0.758. The molecule has 1 amide bonds. The minimum atomic E-state index is -0.484. The van der Waals surface area contributed by atoms with E-state index >= 15 is 0 Å². The normalized spacial score (nSPS) is 24.8. The van der Waals surface area contributed by atoms with E-state index < -0.39 is 5.54 Å². The number of carbonyl (C=O) groups excluding carboxylic acids is 2. The maximum Gasteiger partial charge on any atom is 0.311 e. The molecule has 0 saturated carbocycles. The van der Waals surface area contributed by atoms with Crippen LogP contribution in [0.3, 0.4) is 0 Å². The zero-order valence-corrected chi connectivity index (χ0v) is 11.0. The Bertz CT molecular complexity index is 315. The summed E-state index contributed by atoms with van der Waals surface area (Å²) in [6.07, 6.45) is 0.247. The molecular formula is C12H21NO3. The highest BCUT2D eigenvalue weighted by atomic mass is 16.5. The smallest absolute Gasteiger partial charge is 0.311 e. The molecule has 1 fully saturated rings. The van der Waals surface area contributed by atoms with Crippen LogP contribution in [0.1, 0.15) is 41.0 Å². The molecule has 0 aromatic rings. The zero-order chi connectivity index (χ0) is 12.7. The molecule has 1 atom stereocenters. The molecule has 1 heterocycles. The van der Waals surface area contributed by atoms with Gasteiger partial charge in [-0.2, -0.15) is 0 Å². The lowest BCUT2D eigenvalue weighted by atomic mass is 9.86. The van der Waals surface area contributed by atoms with Gasteiger partial charge >= 0.3 is 5.97 Å². The molecule has 1 saturated heterocycles. The van der Waals surface area contributed by atoms with Gasteiger partial charge in [-0.3, -0.25) is 9.59 Å². The first-order chi connectivity index (χ1) is 7.12. The maximum atomic E-state index is 12.0. The predicted molar refractivity (Wildman–Crippen MR) is 60.8 cm³/mol. The van der Waals surface area contributed by atoms with Gasteiger partial charge in [0.25, 0.3) is 0 Å².